The van der Waals surface area contributed by atoms with Gasteiger partial charge in [-0.1, -0.05) is 13.0 Å². The Morgan fingerprint density at radius 3 is 2.84 bits per heavy atom. The molecule has 1 aromatic carbocycles. The van der Waals surface area contributed by atoms with Crippen LogP contribution in [0, 0.1) is 19.3 Å². The second-order valence-electron chi connectivity index (χ2n) is 10.7. The summed E-state index contributed by atoms with van der Waals surface area (Å²) < 4.78 is 42.7. The van der Waals surface area contributed by atoms with Gasteiger partial charge in [-0.2, -0.15) is 0 Å². The summed E-state index contributed by atoms with van der Waals surface area (Å²) in [6, 6.07) is 5.84. The molecule has 9 heteroatoms. The van der Waals surface area contributed by atoms with E-state index in [1.807, 2.05) is 26.0 Å². The van der Waals surface area contributed by atoms with Crippen molar-refractivity contribution in [3.05, 3.63) is 52.9 Å². The number of aromatic nitrogens is 2. The van der Waals surface area contributed by atoms with Crippen molar-refractivity contribution in [2.45, 2.75) is 63.8 Å². The summed E-state index contributed by atoms with van der Waals surface area (Å²) in [7, 11) is -2.04. The molecule has 0 bridgehead atoms. The van der Waals surface area contributed by atoms with Crippen LogP contribution in [0.2, 0.25) is 0 Å². The zero-order valence-corrected chi connectivity index (χ0v) is 23.0. The highest BCUT2D eigenvalue weighted by Gasteiger charge is 2.51. The molecular formula is C28H36N4O4S. The van der Waals surface area contributed by atoms with Gasteiger partial charge in [0.05, 0.1) is 22.1 Å². The molecule has 3 aliphatic heterocycles. The first-order chi connectivity index (χ1) is 17.8. The van der Waals surface area contributed by atoms with Crippen LogP contribution in [0.5, 0.6) is 0 Å². The number of fused-ring (bicyclic) bond motifs is 3. The van der Waals surface area contributed by atoms with Crippen molar-refractivity contribution in [1.29, 1.82) is 0 Å². The van der Waals surface area contributed by atoms with E-state index >= 15 is 0 Å². The second-order valence-corrected chi connectivity index (χ2v) is 12.5. The van der Waals surface area contributed by atoms with E-state index in [1.54, 1.807) is 13.2 Å². The van der Waals surface area contributed by atoms with E-state index in [9.17, 15) is 8.42 Å². The number of piperidine rings is 1. The largest absolute Gasteiger partial charge is 0.440 e. The lowest BCUT2D eigenvalue weighted by molar-refractivity contribution is 0.0269. The van der Waals surface area contributed by atoms with E-state index < -0.39 is 10.0 Å². The maximum Gasteiger partial charge on any atom is 0.243 e. The molecule has 2 atom stereocenters. The third-order valence-corrected chi connectivity index (χ3v) is 10.1. The van der Waals surface area contributed by atoms with E-state index in [4.69, 9.17) is 14.1 Å². The van der Waals surface area contributed by atoms with E-state index in [0.29, 0.717) is 25.5 Å². The minimum Gasteiger partial charge on any atom is -0.440 e. The third kappa shape index (κ3) is 3.81. The number of ether oxygens (including phenoxy) is 1. The molecule has 1 N–H and O–H groups in total. The van der Waals surface area contributed by atoms with Crippen LogP contribution in [-0.4, -0.2) is 56.2 Å². The van der Waals surface area contributed by atoms with Gasteiger partial charge in [-0.15, -0.1) is 0 Å². The van der Waals surface area contributed by atoms with Gasteiger partial charge < -0.3 is 13.7 Å². The summed E-state index contributed by atoms with van der Waals surface area (Å²) in [5, 5.41) is 1.12. The quantitative estimate of drug-likeness (QED) is 0.435. The first-order valence-corrected chi connectivity index (χ1v) is 14.9. The Labute approximate surface area is 218 Å². The Morgan fingerprint density at radius 1 is 1.27 bits per heavy atom. The summed E-state index contributed by atoms with van der Waals surface area (Å²) in [6.07, 6.45) is 7.29. The molecule has 198 valence electrons. The predicted molar refractivity (Wildman–Crippen MR) is 143 cm³/mol. The van der Waals surface area contributed by atoms with Crippen LogP contribution in [0.25, 0.3) is 16.6 Å². The molecule has 1 fully saturated rings. The average Bonchev–Trinajstić information content (AvgIpc) is 3.42. The lowest BCUT2D eigenvalue weighted by Crippen LogP contribution is -2.50. The lowest BCUT2D eigenvalue weighted by Gasteiger charge is -2.53. The van der Waals surface area contributed by atoms with Gasteiger partial charge in [0.2, 0.25) is 15.9 Å². The van der Waals surface area contributed by atoms with Gasteiger partial charge in [0, 0.05) is 43.3 Å². The molecule has 8 nitrogen and oxygen atoms in total. The first-order valence-electron chi connectivity index (χ1n) is 13.4. The van der Waals surface area contributed by atoms with Gasteiger partial charge >= 0.3 is 0 Å². The number of nitrogens with one attached hydrogen (secondary N) is 1. The molecule has 5 heterocycles. The fraction of sp³-hybridized carbons (Fsp3) is 0.536. The molecule has 0 amide bonds. The number of methoxy groups -OCH3 is 1. The van der Waals surface area contributed by atoms with Crippen LogP contribution in [0.3, 0.4) is 0 Å². The monoisotopic (exact) mass is 524 g/mol. The summed E-state index contributed by atoms with van der Waals surface area (Å²) in [5.41, 5.74) is 5.34. The van der Waals surface area contributed by atoms with E-state index in [2.05, 4.69) is 27.2 Å². The molecule has 0 aliphatic carbocycles. The number of aryl methyl sites for hydroxylation is 2. The van der Waals surface area contributed by atoms with Gasteiger partial charge in [0.15, 0.2) is 0 Å². The molecule has 1 unspecified atom stereocenters. The molecule has 1 saturated heterocycles. The zero-order valence-electron chi connectivity index (χ0n) is 22.1. The van der Waals surface area contributed by atoms with Crippen molar-refractivity contribution in [3.63, 3.8) is 0 Å². The standard InChI is InChI=1S/C28H36N4O4S/c1-5-28-11-6-13-31-14-10-22-21-9-8-20(37(33,34)29-12-7-15-35-4)16-23(21)32(25(22)26(28)31)24(17-28)27-30-18(2)19(3)36-27/h8-9,16-17,26,29H,5-7,10-15H2,1-4H3/t26-,28?/m1/s1. The highest BCUT2D eigenvalue weighted by molar-refractivity contribution is 7.89. The zero-order chi connectivity index (χ0) is 25.9. The number of sulfonamides is 1. The van der Waals surface area contributed by atoms with Gasteiger partial charge in [0.25, 0.3) is 0 Å². The predicted octanol–water partition coefficient (Wildman–Crippen LogP) is 4.55. The molecule has 2 aromatic heterocycles. The Kier molecular flexibility index (Phi) is 6.10. The molecule has 3 aromatic rings. The Morgan fingerprint density at radius 2 is 2.11 bits per heavy atom. The minimum absolute atomic E-state index is 0.00121. The summed E-state index contributed by atoms with van der Waals surface area (Å²) in [4.78, 5) is 7.72. The van der Waals surface area contributed by atoms with Gasteiger partial charge in [0.1, 0.15) is 11.5 Å². The molecule has 0 radical (unpaired) electrons. The Hall–Kier alpha value is -2.46. The maximum atomic E-state index is 13.2. The normalized spacial score (nSPS) is 23.4. The molecule has 6 rings (SSSR count). The maximum absolute atomic E-state index is 13.2. The number of benzene rings is 1. The number of rotatable bonds is 8. The van der Waals surface area contributed by atoms with E-state index in [1.165, 1.54) is 17.7 Å². The van der Waals surface area contributed by atoms with Crippen LogP contribution in [0.4, 0.5) is 0 Å². The molecule has 3 aliphatic rings. The van der Waals surface area contributed by atoms with Gasteiger partial charge in [-0.3, -0.25) is 4.90 Å². The van der Waals surface area contributed by atoms with Crippen LogP contribution in [-0.2, 0) is 21.2 Å². The number of oxazole rings is 1. The number of hydrogen-bond acceptors (Lipinski definition) is 6. The Balaban J connectivity index is 1.57. The van der Waals surface area contributed by atoms with Crippen molar-refractivity contribution in [2.24, 2.45) is 5.41 Å². The number of nitrogens with zero attached hydrogens (tertiary/aromatic N) is 3. The Bertz CT molecular complexity index is 1480. The van der Waals surface area contributed by atoms with Crippen molar-refractivity contribution in [3.8, 4) is 0 Å². The van der Waals surface area contributed by atoms with Crippen molar-refractivity contribution in [1.82, 2.24) is 19.2 Å². The SMILES string of the molecule is CCC12C=C(c3nc(C)c(C)o3)n3c4c(c5ccc(S(=O)(=O)NCCCOC)cc53)CCN(CCC1)[C@H]42. The first kappa shape index (κ1) is 24.9. The summed E-state index contributed by atoms with van der Waals surface area (Å²) in [6.45, 7) is 9.17. The topological polar surface area (TPSA) is 89.6 Å². The lowest BCUT2D eigenvalue weighted by atomic mass is 9.66. The van der Waals surface area contributed by atoms with Crippen LogP contribution in [0.1, 0.15) is 67.3 Å². The highest BCUT2D eigenvalue weighted by atomic mass is 32.2. The fourth-order valence-corrected chi connectivity index (χ4v) is 7.81. The van der Waals surface area contributed by atoms with Crippen LogP contribution < -0.4 is 4.72 Å². The van der Waals surface area contributed by atoms with Crippen LogP contribution in [0.15, 0.2) is 33.6 Å². The third-order valence-electron chi connectivity index (χ3n) is 8.69. The van der Waals surface area contributed by atoms with Crippen LogP contribution >= 0.6 is 0 Å². The molecule has 37 heavy (non-hydrogen) atoms. The fourth-order valence-electron chi connectivity index (χ4n) is 6.72. The highest BCUT2D eigenvalue weighted by Crippen LogP contribution is 2.57. The second kappa shape index (κ2) is 9.08. The molecule has 0 spiro atoms. The van der Waals surface area contributed by atoms with E-state index in [0.717, 1.165) is 60.4 Å². The molecular weight excluding hydrogens is 488 g/mol. The van der Waals surface area contributed by atoms with E-state index in [-0.39, 0.29) is 16.4 Å². The average molecular weight is 525 g/mol. The minimum atomic E-state index is -3.66. The summed E-state index contributed by atoms with van der Waals surface area (Å²) in [5.74, 6) is 1.41. The van der Waals surface area contributed by atoms with Crippen molar-refractivity contribution < 1.29 is 17.6 Å². The van der Waals surface area contributed by atoms with Crippen molar-refractivity contribution >= 4 is 26.6 Å². The van der Waals surface area contributed by atoms with Gasteiger partial charge in [-0.05, 0) is 76.3 Å². The van der Waals surface area contributed by atoms with Gasteiger partial charge in [-0.25, -0.2) is 18.1 Å². The van der Waals surface area contributed by atoms with Crippen molar-refractivity contribution in [2.75, 3.05) is 33.4 Å². The molecule has 0 saturated carbocycles. The summed E-state index contributed by atoms with van der Waals surface area (Å²) >= 11 is 0. The smallest absolute Gasteiger partial charge is 0.243 e. The number of hydrogen-bond donors (Lipinski definition) is 1.